The molecular formula is C14H12FN3O. The molecule has 2 aromatic rings. The van der Waals surface area contributed by atoms with Crippen molar-refractivity contribution in [3.63, 3.8) is 0 Å². The Morgan fingerprint density at radius 1 is 1.42 bits per heavy atom. The number of rotatable bonds is 5. The summed E-state index contributed by atoms with van der Waals surface area (Å²) in [4.78, 5) is 8.96. The molecule has 0 N–H and O–H groups in total. The molecule has 0 aliphatic rings. The summed E-state index contributed by atoms with van der Waals surface area (Å²) >= 11 is 0. The maximum absolute atomic E-state index is 12.9. The number of terminal acetylenes is 1. The van der Waals surface area contributed by atoms with E-state index in [-0.39, 0.29) is 12.4 Å². The lowest BCUT2D eigenvalue weighted by Crippen LogP contribution is -2.11. The Morgan fingerprint density at radius 3 is 2.84 bits per heavy atom. The molecule has 5 heteroatoms. The minimum atomic E-state index is -0.296. The number of oxime groups is 1. The van der Waals surface area contributed by atoms with Crippen molar-refractivity contribution in [1.29, 1.82) is 0 Å². The van der Waals surface area contributed by atoms with Crippen LogP contribution in [0.3, 0.4) is 0 Å². The Labute approximate surface area is 110 Å². The Bertz CT molecular complexity index is 582. The maximum atomic E-state index is 12.9. The molecule has 0 aliphatic heterocycles. The molecule has 0 saturated carbocycles. The quantitative estimate of drug-likeness (QED) is 0.356. The van der Waals surface area contributed by atoms with Crippen LogP contribution in [-0.4, -0.2) is 21.9 Å². The molecule has 1 aromatic heterocycles. The van der Waals surface area contributed by atoms with Crippen LogP contribution in [0.15, 0.2) is 48.1 Å². The van der Waals surface area contributed by atoms with Crippen molar-refractivity contribution < 1.29 is 9.23 Å². The van der Waals surface area contributed by atoms with Crippen LogP contribution in [0.25, 0.3) is 0 Å². The van der Waals surface area contributed by atoms with E-state index in [1.807, 2.05) is 4.57 Å². The molecule has 0 spiro atoms. The second-order valence-corrected chi connectivity index (χ2v) is 3.76. The fraction of sp³-hybridized carbons (Fsp3) is 0.143. The van der Waals surface area contributed by atoms with Gasteiger partial charge in [-0.2, -0.15) is 0 Å². The third-order valence-corrected chi connectivity index (χ3v) is 2.39. The van der Waals surface area contributed by atoms with Crippen molar-refractivity contribution in [1.82, 2.24) is 9.55 Å². The van der Waals surface area contributed by atoms with Gasteiger partial charge in [-0.1, -0.05) is 23.2 Å². The number of benzene rings is 1. The van der Waals surface area contributed by atoms with E-state index in [0.717, 1.165) is 5.56 Å². The van der Waals surface area contributed by atoms with Gasteiger partial charge in [-0.3, -0.25) is 0 Å². The Kier molecular flexibility index (Phi) is 4.29. The molecule has 1 heterocycles. The molecular weight excluding hydrogens is 245 g/mol. The summed E-state index contributed by atoms with van der Waals surface area (Å²) in [5, 5.41) is 3.99. The van der Waals surface area contributed by atoms with Crippen LogP contribution in [0, 0.1) is 18.2 Å². The molecule has 4 nitrogen and oxygen atoms in total. The highest BCUT2D eigenvalue weighted by Crippen LogP contribution is 2.07. The second kappa shape index (κ2) is 6.36. The van der Waals surface area contributed by atoms with Crippen LogP contribution in [0.1, 0.15) is 5.56 Å². The first-order valence-electron chi connectivity index (χ1n) is 5.63. The summed E-state index contributed by atoms with van der Waals surface area (Å²) in [7, 11) is 0. The molecule has 0 saturated heterocycles. The SMILES string of the molecule is C#CCO/N=C(\Cn1ccnc1)c1ccc(F)cc1. The van der Waals surface area contributed by atoms with Gasteiger partial charge in [-0.05, 0) is 12.1 Å². The number of hydrogen-bond acceptors (Lipinski definition) is 3. The standard InChI is InChI=1S/C14H12FN3O/c1-2-9-19-17-14(10-18-8-7-16-11-18)12-3-5-13(15)6-4-12/h1,3-8,11H,9-10H2/b17-14+. The summed E-state index contributed by atoms with van der Waals surface area (Å²) in [5.41, 5.74) is 1.42. The van der Waals surface area contributed by atoms with Crippen molar-refractivity contribution in [2.24, 2.45) is 5.16 Å². The number of imidazole rings is 1. The molecule has 0 unspecified atom stereocenters. The number of nitrogens with zero attached hydrogens (tertiary/aromatic N) is 3. The minimum absolute atomic E-state index is 0.0919. The van der Waals surface area contributed by atoms with Gasteiger partial charge in [0.05, 0.1) is 12.9 Å². The number of aromatic nitrogens is 2. The number of hydrogen-bond donors (Lipinski definition) is 0. The van der Waals surface area contributed by atoms with Gasteiger partial charge in [0.2, 0.25) is 0 Å². The van der Waals surface area contributed by atoms with Gasteiger partial charge >= 0.3 is 0 Å². The Balaban J connectivity index is 2.21. The number of halogens is 1. The first kappa shape index (κ1) is 12.8. The van der Waals surface area contributed by atoms with Crippen molar-refractivity contribution in [2.45, 2.75) is 6.54 Å². The van der Waals surface area contributed by atoms with Crippen LogP contribution in [-0.2, 0) is 11.4 Å². The predicted molar refractivity (Wildman–Crippen MR) is 69.9 cm³/mol. The van der Waals surface area contributed by atoms with Gasteiger partial charge in [0, 0.05) is 18.0 Å². The highest BCUT2D eigenvalue weighted by Gasteiger charge is 2.06. The summed E-state index contributed by atoms with van der Waals surface area (Å²) in [6.07, 6.45) is 10.2. The Morgan fingerprint density at radius 2 is 2.21 bits per heavy atom. The highest BCUT2D eigenvalue weighted by molar-refractivity contribution is 6.00. The van der Waals surface area contributed by atoms with E-state index in [1.165, 1.54) is 12.1 Å². The van der Waals surface area contributed by atoms with Crippen molar-refractivity contribution >= 4 is 5.71 Å². The monoisotopic (exact) mass is 257 g/mol. The average molecular weight is 257 g/mol. The van der Waals surface area contributed by atoms with Crippen LogP contribution >= 0.6 is 0 Å². The fourth-order valence-electron chi connectivity index (χ4n) is 1.52. The van der Waals surface area contributed by atoms with Gasteiger partial charge in [0.25, 0.3) is 0 Å². The van der Waals surface area contributed by atoms with E-state index in [9.17, 15) is 4.39 Å². The van der Waals surface area contributed by atoms with E-state index in [2.05, 4.69) is 16.1 Å². The Hall–Kier alpha value is -2.61. The van der Waals surface area contributed by atoms with Crippen LogP contribution in [0.5, 0.6) is 0 Å². The van der Waals surface area contributed by atoms with Gasteiger partial charge in [-0.25, -0.2) is 9.37 Å². The first-order valence-corrected chi connectivity index (χ1v) is 5.63. The van der Waals surface area contributed by atoms with Gasteiger partial charge in [0.1, 0.15) is 11.5 Å². The summed E-state index contributed by atoms with van der Waals surface area (Å²) in [5.74, 6) is 2.04. The second-order valence-electron chi connectivity index (χ2n) is 3.76. The van der Waals surface area contributed by atoms with Crippen LogP contribution in [0.2, 0.25) is 0 Å². The highest BCUT2D eigenvalue weighted by atomic mass is 19.1. The summed E-state index contributed by atoms with van der Waals surface area (Å²) in [6, 6.07) is 6.04. The molecule has 2 rings (SSSR count). The lowest BCUT2D eigenvalue weighted by molar-refractivity contribution is 0.179. The van der Waals surface area contributed by atoms with Gasteiger partial charge < -0.3 is 9.40 Å². The molecule has 0 bridgehead atoms. The maximum Gasteiger partial charge on any atom is 0.177 e. The topological polar surface area (TPSA) is 39.4 Å². The molecule has 0 fully saturated rings. The van der Waals surface area contributed by atoms with E-state index < -0.39 is 0 Å². The third-order valence-electron chi connectivity index (χ3n) is 2.39. The van der Waals surface area contributed by atoms with E-state index >= 15 is 0 Å². The molecule has 96 valence electrons. The first-order chi connectivity index (χ1) is 9.29. The van der Waals surface area contributed by atoms with E-state index in [0.29, 0.717) is 12.3 Å². The van der Waals surface area contributed by atoms with Crippen LogP contribution < -0.4 is 0 Å². The zero-order valence-corrected chi connectivity index (χ0v) is 10.2. The fourth-order valence-corrected chi connectivity index (χ4v) is 1.52. The molecule has 19 heavy (non-hydrogen) atoms. The van der Waals surface area contributed by atoms with Crippen molar-refractivity contribution in [3.05, 3.63) is 54.4 Å². The molecule has 1 aromatic carbocycles. The zero-order valence-electron chi connectivity index (χ0n) is 10.2. The van der Waals surface area contributed by atoms with Crippen LogP contribution in [0.4, 0.5) is 4.39 Å². The van der Waals surface area contributed by atoms with Crippen molar-refractivity contribution in [2.75, 3.05) is 6.61 Å². The van der Waals surface area contributed by atoms with Crippen molar-refractivity contribution in [3.8, 4) is 12.3 Å². The molecule has 0 amide bonds. The smallest absolute Gasteiger partial charge is 0.177 e. The molecule has 0 aliphatic carbocycles. The zero-order chi connectivity index (χ0) is 13.5. The molecule has 0 atom stereocenters. The van der Waals surface area contributed by atoms with Gasteiger partial charge in [-0.15, -0.1) is 6.42 Å². The summed E-state index contributed by atoms with van der Waals surface area (Å²) < 4.78 is 14.8. The van der Waals surface area contributed by atoms with E-state index in [1.54, 1.807) is 30.9 Å². The largest absolute Gasteiger partial charge is 0.382 e. The minimum Gasteiger partial charge on any atom is -0.382 e. The van der Waals surface area contributed by atoms with E-state index in [4.69, 9.17) is 11.3 Å². The predicted octanol–water partition coefficient (Wildman–Crippen LogP) is 2.08. The molecule has 0 radical (unpaired) electrons. The lowest BCUT2D eigenvalue weighted by atomic mass is 10.1. The average Bonchev–Trinajstić information content (AvgIpc) is 2.92. The normalized spacial score (nSPS) is 11.1. The third kappa shape index (κ3) is 3.68. The van der Waals surface area contributed by atoms with Gasteiger partial charge in [0.15, 0.2) is 6.61 Å². The lowest BCUT2D eigenvalue weighted by Gasteiger charge is -2.07. The summed E-state index contributed by atoms with van der Waals surface area (Å²) in [6.45, 7) is 0.560.